The first kappa shape index (κ1) is 12.1. The molecule has 1 saturated heterocycles. The molecule has 0 radical (unpaired) electrons. The molecule has 3 N–H and O–H groups in total. The molecule has 17 heavy (non-hydrogen) atoms. The second-order valence-corrected chi connectivity index (χ2v) is 4.31. The van der Waals surface area contributed by atoms with Crippen LogP contribution in [0.3, 0.4) is 0 Å². The van der Waals surface area contributed by atoms with E-state index in [9.17, 15) is 0 Å². The van der Waals surface area contributed by atoms with Crippen LogP contribution in [-0.2, 0) is 6.42 Å². The zero-order valence-electron chi connectivity index (χ0n) is 10.5. The molecule has 2 rings (SSSR count). The second kappa shape index (κ2) is 5.29. The monoisotopic (exact) mass is 236 g/mol. The van der Waals surface area contributed by atoms with Crippen molar-refractivity contribution in [2.45, 2.75) is 13.3 Å². The van der Waals surface area contributed by atoms with Gasteiger partial charge in [0, 0.05) is 31.7 Å². The zero-order valence-corrected chi connectivity index (χ0v) is 10.5. The third kappa shape index (κ3) is 2.48. The van der Waals surface area contributed by atoms with E-state index in [4.69, 9.17) is 5.84 Å². The number of nitrogens with zero attached hydrogens (tertiary/aromatic N) is 4. The molecule has 0 amide bonds. The van der Waals surface area contributed by atoms with Crippen molar-refractivity contribution in [2.24, 2.45) is 5.84 Å². The predicted octanol–water partition coefficient (Wildman–Crippen LogP) is 0.0764. The van der Waals surface area contributed by atoms with Gasteiger partial charge >= 0.3 is 0 Å². The Morgan fingerprint density at radius 3 is 2.59 bits per heavy atom. The molecule has 0 saturated carbocycles. The number of nitrogen functional groups attached to an aromatic ring is 1. The normalized spacial score (nSPS) is 17.2. The van der Waals surface area contributed by atoms with E-state index in [-0.39, 0.29) is 0 Å². The van der Waals surface area contributed by atoms with Crippen molar-refractivity contribution >= 4 is 11.6 Å². The number of likely N-dealkylation sites (N-methyl/N-ethyl adjacent to an activating group) is 1. The minimum atomic E-state index is 0.733. The maximum Gasteiger partial charge on any atom is 0.148 e. The second-order valence-electron chi connectivity index (χ2n) is 4.31. The van der Waals surface area contributed by atoms with E-state index in [0.29, 0.717) is 0 Å². The van der Waals surface area contributed by atoms with Crippen LogP contribution in [0.2, 0.25) is 0 Å². The van der Waals surface area contributed by atoms with Gasteiger partial charge in [-0.15, -0.1) is 0 Å². The van der Waals surface area contributed by atoms with Crippen LogP contribution in [0.25, 0.3) is 0 Å². The molecule has 0 atom stereocenters. The molecule has 0 aliphatic carbocycles. The number of nitrogens with two attached hydrogens (primary N) is 1. The summed E-state index contributed by atoms with van der Waals surface area (Å²) in [6, 6.07) is 0. The lowest BCUT2D eigenvalue weighted by molar-refractivity contribution is 0.312. The van der Waals surface area contributed by atoms with Crippen LogP contribution < -0.4 is 16.2 Å². The number of aromatic nitrogens is 2. The smallest absolute Gasteiger partial charge is 0.148 e. The number of hydrazine groups is 1. The van der Waals surface area contributed by atoms with Crippen molar-refractivity contribution in [3.8, 4) is 0 Å². The first-order valence-corrected chi connectivity index (χ1v) is 6.00. The van der Waals surface area contributed by atoms with Gasteiger partial charge in [0.1, 0.15) is 18.0 Å². The van der Waals surface area contributed by atoms with Crippen molar-refractivity contribution < 1.29 is 0 Å². The Kier molecular flexibility index (Phi) is 3.75. The molecule has 1 fully saturated rings. The van der Waals surface area contributed by atoms with E-state index in [2.05, 4.69) is 39.2 Å². The van der Waals surface area contributed by atoms with Gasteiger partial charge in [0.05, 0.1) is 0 Å². The van der Waals surface area contributed by atoms with Crippen molar-refractivity contribution in [2.75, 3.05) is 43.6 Å². The van der Waals surface area contributed by atoms with Crippen LogP contribution in [0, 0.1) is 0 Å². The fourth-order valence-corrected chi connectivity index (χ4v) is 2.14. The largest absolute Gasteiger partial charge is 0.354 e. The summed E-state index contributed by atoms with van der Waals surface area (Å²) in [6.45, 7) is 6.24. The van der Waals surface area contributed by atoms with Gasteiger partial charge in [-0.25, -0.2) is 15.8 Å². The predicted molar refractivity (Wildman–Crippen MR) is 68.9 cm³/mol. The van der Waals surface area contributed by atoms with E-state index in [1.807, 2.05) is 0 Å². The van der Waals surface area contributed by atoms with E-state index in [1.54, 1.807) is 6.33 Å². The Hall–Kier alpha value is -1.40. The molecule has 94 valence electrons. The van der Waals surface area contributed by atoms with E-state index in [1.165, 1.54) is 0 Å². The van der Waals surface area contributed by atoms with Crippen LogP contribution in [-0.4, -0.2) is 48.1 Å². The number of hydrogen-bond donors (Lipinski definition) is 2. The number of piperazine rings is 1. The topological polar surface area (TPSA) is 70.3 Å². The molecule has 1 aliphatic heterocycles. The van der Waals surface area contributed by atoms with Crippen molar-refractivity contribution in [3.63, 3.8) is 0 Å². The van der Waals surface area contributed by atoms with Crippen molar-refractivity contribution in [3.05, 3.63) is 11.9 Å². The Morgan fingerprint density at radius 2 is 2.00 bits per heavy atom. The van der Waals surface area contributed by atoms with Crippen LogP contribution in [0.5, 0.6) is 0 Å². The SMILES string of the molecule is CCc1c(NN)ncnc1N1CCN(C)CC1. The van der Waals surface area contributed by atoms with Gasteiger partial charge in [-0.3, -0.25) is 0 Å². The molecule has 6 heteroatoms. The zero-order chi connectivity index (χ0) is 12.3. The van der Waals surface area contributed by atoms with Gasteiger partial charge in [0.2, 0.25) is 0 Å². The average Bonchev–Trinajstić information content (AvgIpc) is 2.38. The average molecular weight is 236 g/mol. The van der Waals surface area contributed by atoms with Gasteiger partial charge < -0.3 is 15.2 Å². The van der Waals surface area contributed by atoms with Gasteiger partial charge in [0.25, 0.3) is 0 Å². The molecule has 0 spiro atoms. The lowest BCUT2D eigenvalue weighted by Crippen LogP contribution is -2.45. The highest BCUT2D eigenvalue weighted by molar-refractivity contribution is 5.58. The summed E-state index contributed by atoms with van der Waals surface area (Å²) in [6.07, 6.45) is 2.45. The molecular weight excluding hydrogens is 216 g/mol. The highest BCUT2D eigenvalue weighted by Gasteiger charge is 2.19. The summed E-state index contributed by atoms with van der Waals surface area (Å²) in [5, 5.41) is 0. The van der Waals surface area contributed by atoms with E-state index in [0.717, 1.165) is 49.8 Å². The van der Waals surface area contributed by atoms with Gasteiger partial charge in [-0.2, -0.15) is 0 Å². The fourth-order valence-electron chi connectivity index (χ4n) is 2.14. The van der Waals surface area contributed by atoms with Gasteiger partial charge in [-0.05, 0) is 13.5 Å². The summed E-state index contributed by atoms with van der Waals surface area (Å²) in [5.74, 6) is 7.23. The first-order valence-electron chi connectivity index (χ1n) is 6.00. The Labute approximate surface area is 102 Å². The third-order valence-corrected chi connectivity index (χ3v) is 3.22. The summed E-state index contributed by atoms with van der Waals surface area (Å²) >= 11 is 0. The van der Waals surface area contributed by atoms with Crippen LogP contribution in [0.15, 0.2) is 6.33 Å². The standard InChI is InChI=1S/C11H20N6/c1-3-9-10(15-12)13-8-14-11(9)17-6-4-16(2)5-7-17/h8H,3-7,12H2,1-2H3,(H,13,14,15). The summed E-state index contributed by atoms with van der Waals surface area (Å²) < 4.78 is 0. The molecule has 1 aromatic rings. The van der Waals surface area contributed by atoms with Gasteiger partial charge in [0.15, 0.2) is 0 Å². The molecule has 0 aromatic carbocycles. The Balaban J connectivity index is 2.25. The lowest BCUT2D eigenvalue weighted by Gasteiger charge is -2.34. The first-order chi connectivity index (χ1) is 8.26. The van der Waals surface area contributed by atoms with Crippen molar-refractivity contribution in [1.29, 1.82) is 0 Å². The number of anilines is 2. The highest BCUT2D eigenvalue weighted by atomic mass is 15.3. The van der Waals surface area contributed by atoms with Crippen LogP contribution in [0.4, 0.5) is 11.6 Å². The number of hydrogen-bond acceptors (Lipinski definition) is 6. The maximum absolute atomic E-state index is 5.48. The number of rotatable bonds is 3. The summed E-state index contributed by atoms with van der Waals surface area (Å²) in [4.78, 5) is 13.2. The quantitative estimate of drug-likeness (QED) is 0.572. The van der Waals surface area contributed by atoms with Crippen LogP contribution in [0.1, 0.15) is 12.5 Å². The van der Waals surface area contributed by atoms with Crippen molar-refractivity contribution in [1.82, 2.24) is 14.9 Å². The maximum atomic E-state index is 5.48. The van der Waals surface area contributed by atoms with Crippen LogP contribution >= 0.6 is 0 Å². The molecule has 1 aromatic heterocycles. The fraction of sp³-hybridized carbons (Fsp3) is 0.636. The third-order valence-electron chi connectivity index (χ3n) is 3.22. The molecule has 2 heterocycles. The molecular formula is C11H20N6. The Morgan fingerprint density at radius 1 is 1.29 bits per heavy atom. The minimum absolute atomic E-state index is 0.733. The lowest BCUT2D eigenvalue weighted by atomic mass is 10.2. The number of nitrogens with one attached hydrogen (secondary N) is 1. The van der Waals surface area contributed by atoms with Gasteiger partial charge in [-0.1, -0.05) is 6.92 Å². The summed E-state index contributed by atoms with van der Waals surface area (Å²) in [7, 11) is 2.14. The van der Waals surface area contributed by atoms with E-state index >= 15 is 0 Å². The summed E-state index contributed by atoms with van der Waals surface area (Å²) in [5.41, 5.74) is 3.74. The van der Waals surface area contributed by atoms with E-state index < -0.39 is 0 Å². The molecule has 0 unspecified atom stereocenters. The molecule has 1 aliphatic rings. The molecule has 0 bridgehead atoms. The highest BCUT2D eigenvalue weighted by Crippen LogP contribution is 2.24. The molecule has 6 nitrogen and oxygen atoms in total. The minimum Gasteiger partial charge on any atom is -0.354 e. The Bertz CT molecular complexity index is 372.